The summed E-state index contributed by atoms with van der Waals surface area (Å²) in [5, 5.41) is 0. The number of amides is 1. The van der Waals surface area contributed by atoms with Crippen molar-refractivity contribution < 1.29 is 4.79 Å². The second-order valence-corrected chi connectivity index (χ2v) is 6.59. The zero-order valence-corrected chi connectivity index (χ0v) is 10.7. The molecule has 0 aromatic carbocycles. The maximum Gasteiger partial charge on any atom is 0.224 e. The first-order chi connectivity index (χ1) is 8.15. The number of nitrogens with zero attached hydrogens (tertiary/aromatic N) is 1. The molecule has 1 heterocycles. The van der Waals surface area contributed by atoms with Gasteiger partial charge in [0.25, 0.3) is 0 Å². The van der Waals surface area contributed by atoms with Crippen molar-refractivity contribution in [1.29, 1.82) is 0 Å². The molecule has 0 aromatic rings. The fraction of sp³-hybridized carbons (Fsp3) is 0.929. The molecule has 1 saturated heterocycles. The van der Waals surface area contributed by atoms with Crippen LogP contribution in [-0.2, 0) is 4.79 Å². The molecule has 0 aromatic heterocycles. The maximum absolute atomic E-state index is 12.3. The van der Waals surface area contributed by atoms with E-state index in [1.54, 1.807) is 0 Å². The van der Waals surface area contributed by atoms with Crippen LogP contribution in [0.1, 0.15) is 51.4 Å². The molecule has 2 atom stereocenters. The average molecular weight is 236 g/mol. The quantitative estimate of drug-likeness (QED) is 0.796. The van der Waals surface area contributed by atoms with E-state index in [9.17, 15) is 4.79 Å². The maximum atomic E-state index is 12.3. The lowest BCUT2D eigenvalue weighted by atomic mass is 9.74. The van der Waals surface area contributed by atoms with Crippen LogP contribution in [0.3, 0.4) is 0 Å². The standard InChI is InChI=1S/C14H24N2O/c15-14(5-2-6-14)8-13(17)16-9-11-3-1-4-12(7-11)10-16/h11-12H,1-10,15H2. The molecule has 3 nitrogen and oxygen atoms in total. The van der Waals surface area contributed by atoms with E-state index in [2.05, 4.69) is 4.90 Å². The van der Waals surface area contributed by atoms with Crippen LogP contribution in [0.25, 0.3) is 0 Å². The Balaban J connectivity index is 1.58. The molecule has 2 bridgehead atoms. The van der Waals surface area contributed by atoms with Crippen LogP contribution in [-0.4, -0.2) is 29.4 Å². The van der Waals surface area contributed by atoms with Crippen LogP contribution in [0.5, 0.6) is 0 Å². The molecule has 2 aliphatic carbocycles. The Kier molecular flexibility index (Phi) is 2.89. The van der Waals surface area contributed by atoms with Gasteiger partial charge in [-0.3, -0.25) is 4.79 Å². The predicted molar refractivity (Wildman–Crippen MR) is 67.4 cm³/mol. The van der Waals surface area contributed by atoms with Crippen LogP contribution < -0.4 is 5.73 Å². The van der Waals surface area contributed by atoms with Crippen molar-refractivity contribution in [3.8, 4) is 0 Å². The van der Waals surface area contributed by atoms with E-state index in [-0.39, 0.29) is 5.54 Å². The SMILES string of the molecule is NC1(CC(=O)N2CC3CCCC(C3)C2)CCC1. The summed E-state index contributed by atoms with van der Waals surface area (Å²) in [5.74, 6) is 1.88. The molecule has 1 amide bonds. The minimum absolute atomic E-state index is 0.149. The third kappa shape index (κ3) is 2.35. The minimum atomic E-state index is -0.149. The first-order valence-electron chi connectivity index (χ1n) is 7.21. The third-order valence-electron chi connectivity index (χ3n) is 5.05. The molecule has 2 saturated carbocycles. The molecular formula is C14H24N2O. The molecule has 17 heavy (non-hydrogen) atoms. The van der Waals surface area contributed by atoms with Gasteiger partial charge in [0.1, 0.15) is 0 Å². The molecule has 2 unspecified atom stereocenters. The summed E-state index contributed by atoms with van der Waals surface area (Å²) in [4.78, 5) is 14.4. The van der Waals surface area contributed by atoms with Crippen LogP contribution in [0.15, 0.2) is 0 Å². The van der Waals surface area contributed by atoms with Crippen molar-refractivity contribution in [2.24, 2.45) is 17.6 Å². The summed E-state index contributed by atoms with van der Waals surface area (Å²) in [6, 6.07) is 0. The molecule has 0 spiro atoms. The number of carbonyl (C=O) groups excluding carboxylic acids is 1. The molecule has 3 aliphatic rings. The lowest BCUT2D eigenvalue weighted by molar-refractivity contribution is -0.137. The first kappa shape index (κ1) is 11.5. The Morgan fingerprint density at radius 2 is 1.82 bits per heavy atom. The van der Waals surface area contributed by atoms with E-state index in [0.29, 0.717) is 12.3 Å². The van der Waals surface area contributed by atoms with Gasteiger partial charge in [0.15, 0.2) is 0 Å². The van der Waals surface area contributed by atoms with Crippen molar-refractivity contribution in [2.75, 3.05) is 13.1 Å². The fourth-order valence-electron chi connectivity index (χ4n) is 3.86. The van der Waals surface area contributed by atoms with Crippen LogP contribution in [0.2, 0.25) is 0 Å². The zero-order valence-electron chi connectivity index (χ0n) is 10.7. The van der Waals surface area contributed by atoms with Crippen LogP contribution >= 0.6 is 0 Å². The van der Waals surface area contributed by atoms with Gasteiger partial charge in [-0.2, -0.15) is 0 Å². The number of fused-ring (bicyclic) bond motifs is 2. The molecule has 2 N–H and O–H groups in total. The normalized spacial score (nSPS) is 35.2. The smallest absolute Gasteiger partial charge is 0.224 e. The number of hydrogen-bond donors (Lipinski definition) is 1. The highest BCUT2D eigenvalue weighted by Gasteiger charge is 2.38. The molecule has 3 rings (SSSR count). The number of hydrogen-bond acceptors (Lipinski definition) is 2. The minimum Gasteiger partial charge on any atom is -0.342 e. The van der Waals surface area contributed by atoms with Gasteiger partial charge in [0, 0.05) is 25.0 Å². The number of piperidine rings is 1. The van der Waals surface area contributed by atoms with Gasteiger partial charge in [-0.1, -0.05) is 6.42 Å². The van der Waals surface area contributed by atoms with Crippen LogP contribution in [0.4, 0.5) is 0 Å². The van der Waals surface area contributed by atoms with Crippen molar-refractivity contribution in [1.82, 2.24) is 4.90 Å². The monoisotopic (exact) mass is 236 g/mol. The Bertz CT molecular complexity index is 299. The summed E-state index contributed by atoms with van der Waals surface area (Å²) in [5.41, 5.74) is 6.03. The van der Waals surface area contributed by atoms with E-state index < -0.39 is 0 Å². The Morgan fingerprint density at radius 1 is 1.18 bits per heavy atom. The molecule has 3 fully saturated rings. The third-order valence-corrected chi connectivity index (χ3v) is 5.05. The van der Waals surface area contributed by atoms with Gasteiger partial charge < -0.3 is 10.6 Å². The number of carbonyl (C=O) groups is 1. The molecule has 96 valence electrons. The molecule has 0 radical (unpaired) electrons. The van der Waals surface area contributed by atoms with Gasteiger partial charge in [-0.25, -0.2) is 0 Å². The zero-order chi connectivity index (χ0) is 11.9. The van der Waals surface area contributed by atoms with Gasteiger partial charge in [-0.15, -0.1) is 0 Å². The average Bonchev–Trinajstić information content (AvgIpc) is 2.26. The van der Waals surface area contributed by atoms with Gasteiger partial charge in [0.2, 0.25) is 5.91 Å². The second-order valence-electron chi connectivity index (χ2n) is 6.59. The Morgan fingerprint density at radius 3 is 2.35 bits per heavy atom. The number of nitrogens with two attached hydrogens (primary N) is 1. The van der Waals surface area contributed by atoms with E-state index in [4.69, 9.17) is 5.73 Å². The van der Waals surface area contributed by atoms with E-state index >= 15 is 0 Å². The second kappa shape index (κ2) is 4.27. The predicted octanol–water partition coefficient (Wildman–Crippen LogP) is 1.91. The first-order valence-corrected chi connectivity index (χ1v) is 7.21. The van der Waals surface area contributed by atoms with Crippen LogP contribution in [0, 0.1) is 11.8 Å². The van der Waals surface area contributed by atoms with Crippen molar-refractivity contribution >= 4 is 5.91 Å². The highest BCUT2D eigenvalue weighted by molar-refractivity contribution is 5.77. The highest BCUT2D eigenvalue weighted by Crippen LogP contribution is 2.36. The largest absolute Gasteiger partial charge is 0.342 e. The Labute approximate surface area is 104 Å². The van der Waals surface area contributed by atoms with Gasteiger partial charge in [-0.05, 0) is 50.4 Å². The number of likely N-dealkylation sites (tertiary alicyclic amines) is 1. The van der Waals surface area contributed by atoms with Crippen molar-refractivity contribution in [3.05, 3.63) is 0 Å². The highest BCUT2D eigenvalue weighted by atomic mass is 16.2. The van der Waals surface area contributed by atoms with E-state index in [0.717, 1.165) is 37.8 Å². The number of rotatable bonds is 2. The lowest BCUT2D eigenvalue weighted by Crippen LogP contribution is -2.53. The van der Waals surface area contributed by atoms with Gasteiger partial charge in [0.05, 0.1) is 0 Å². The van der Waals surface area contributed by atoms with E-state index in [1.165, 1.54) is 32.1 Å². The fourth-order valence-corrected chi connectivity index (χ4v) is 3.86. The summed E-state index contributed by atoms with van der Waals surface area (Å²) in [6.07, 6.45) is 9.26. The Hall–Kier alpha value is -0.570. The lowest BCUT2D eigenvalue weighted by Gasteiger charge is -2.44. The topological polar surface area (TPSA) is 46.3 Å². The summed E-state index contributed by atoms with van der Waals surface area (Å²) in [6.45, 7) is 2.01. The summed E-state index contributed by atoms with van der Waals surface area (Å²) < 4.78 is 0. The summed E-state index contributed by atoms with van der Waals surface area (Å²) >= 11 is 0. The molecule has 3 heteroatoms. The summed E-state index contributed by atoms with van der Waals surface area (Å²) in [7, 11) is 0. The van der Waals surface area contributed by atoms with Crippen molar-refractivity contribution in [2.45, 2.75) is 56.9 Å². The molecular weight excluding hydrogens is 212 g/mol. The van der Waals surface area contributed by atoms with E-state index in [1.807, 2.05) is 0 Å². The van der Waals surface area contributed by atoms with Crippen molar-refractivity contribution in [3.63, 3.8) is 0 Å². The molecule has 1 aliphatic heterocycles. The van der Waals surface area contributed by atoms with Gasteiger partial charge >= 0.3 is 0 Å².